The van der Waals surface area contributed by atoms with Gasteiger partial charge in [-0.15, -0.1) is 0 Å². The molecule has 0 spiro atoms. The lowest BCUT2D eigenvalue weighted by molar-refractivity contribution is -0.678. The van der Waals surface area contributed by atoms with Crippen LogP contribution >= 0.6 is 0 Å². The molecule has 1 saturated heterocycles. The van der Waals surface area contributed by atoms with Crippen LogP contribution in [0.5, 0.6) is 11.7 Å². The van der Waals surface area contributed by atoms with E-state index < -0.39 is 17.9 Å². The third-order valence-corrected chi connectivity index (χ3v) is 5.60. The lowest BCUT2D eigenvalue weighted by atomic mass is 10.1. The lowest BCUT2D eigenvalue weighted by Crippen LogP contribution is -2.44. The maximum atomic E-state index is 13.1. The molecule has 2 amide bonds. The Balaban J connectivity index is 1.54. The summed E-state index contributed by atoms with van der Waals surface area (Å²) >= 11 is 0. The van der Waals surface area contributed by atoms with E-state index in [1.807, 2.05) is 0 Å². The molecule has 10 nitrogen and oxygen atoms in total. The van der Waals surface area contributed by atoms with Gasteiger partial charge >= 0.3 is 0 Å². The van der Waals surface area contributed by atoms with Crippen LogP contribution in [0.3, 0.4) is 0 Å². The van der Waals surface area contributed by atoms with Gasteiger partial charge in [-0.2, -0.15) is 0 Å². The molecule has 0 radical (unpaired) electrons. The second-order valence-corrected chi connectivity index (χ2v) is 7.72. The first-order valence-corrected chi connectivity index (χ1v) is 10.2. The van der Waals surface area contributed by atoms with Crippen molar-refractivity contribution in [1.82, 2.24) is 10.2 Å². The molecule has 1 atom stereocenters. The van der Waals surface area contributed by atoms with Crippen molar-refractivity contribution >= 4 is 23.3 Å². The van der Waals surface area contributed by atoms with Crippen LogP contribution < -0.4 is 19.4 Å². The molecule has 4 rings (SSSR count). The van der Waals surface area contributed by atoms with Crippen molar-refractivity contribution in [2.75, 3.05) is 19.1 Å². The number of rotatable bonds is 7. The number of imide groups is 1. The van der Waals surface area contributed by atoms with Gasteiger partial charge in [0.2, 0.25) is 11.6 Å². The summed E-state index contributed by atoms with van der Waals surface area (Å²) in [6.45, 7) is 1.48. The topological polar surface area (TPSA) is 120 Å². The SMILES string of the molecule is COc1ccc(-[n+]2noc([O-])c2CN(C)C2CC(=O)N(c3ccc(C(C)=O)cc3)C2=O)cc1. The lowest BCUT2D eigenvalue weighted by Gasteiger charge is -2.21. The fourth-order valence-electron chi connectivity index (χ4n) is 3.75. The molecule has 1 aromatic heterocycles. The van der Waals surface area contributed by atoms with E-state index in [1.165, 1.54) is 11.6 Å². The number of carbonyl (C=O) groups is 3. The van der Waals surface area contributed by atoms with E-state index in [9.17, 15) is 19.5 Å². The zero-order valence-electron chi connectivity index (χ0n) is 18.3. The molecule has 1 aliphatic rings. The minimum atomic E-state index is -0.761. The molecule has 1 aliphatic heterocycles. The molecule has 33 heavy (non-hydrogen) atoms. The average Bonchev–Trinajstić information content (AvgIpc) is 3.32. The summed E-state index contributed by atoms with van der Waals surface area (Å²) in [5, 5.41) is 16.1. The first kappa shape index (κ1) is 22.2. The van der Waals surface area contributed by atoms with Crippen LogP contribution in [0.15, 0.2) is 53.1 Å². The molecule has 0 aliphatic carbocycles. The number of aromatic nitrogens is 2. The van der Waals surface area contributed by atoms with Crippen LogP contribution in [0.25, 0.3) is 5.69 Å². The summed E-state index contributed by atoms with van der Waals surface area (Å²) in [6, 6.07) is 12.4. The molecule has 170 valence electrons. The maximum absolute atomic E-state index is 13.1. The van der Waals surface area contributed by atoms with E-state index in [0.717, 1.165) is 4.90 Å². The van der Waals surface area contributed by atoms with E-state index >= 15 is 0 Å². The summed E-state index contributed by atoms with van der Waals surface area (Å²) < 4.78 is 11.4. The molecule has 0 bridgehead atoms. The average molecular weight is 450 g/mol. The van der Waals surface area contributed by atoms with Gasteiger partial charge in [-0.1, -0.05) is 0 Å². The number of nitrogens with zero attached hydrogens (tertiary/aromatic N) is 4. The number of methoxy groups -OCH3 is 1. The number of carbonyl (C=O) groups excluding carboxylic acids is 3. The zero-order chi connectivity index (χ0) is 23.7. The largest absolute Gasteiger partial charge is 0.539 e. The summed E-state index contributed by atoms with van der Waals surface area (Å²) in [6.07, 6.45) is -0.0359. The van der Waals surface area contributed by atoms with Gasteiger partial charge in [-0.05, 0) is 55.1 Å². The number of ketones is 1. The van der Waals surface area contributed by atoms with Crippen LogP contribution in [-0.2, 0) is 16.1 Å². The Bertz CT molecular complexity index is 1200. The molecular weight excluding hydrogens is 428 g/mol. The van der Waals surface area contributed by atoms with E-state index in [4.69, 9.17) is 9.26 Å². The maximum Gasteiger partial charge on any atom is 0.254 e. The summed E-state index contributed by atoms with van der Waals surface area (Å²) in [4.78, 5) is 39.9. The monoisotopic (exact) mass is 450 g/mol. The molecule has 0 N–H and O–H groups in total. The first-order chi connectivity index (χ1) is 15.8. The van der Waals surface area contributed by atoms with Gasteiger partial charge in [-0.25, -0.2) is 4.90 Å². The van der Waals surface area contributed by atoms with Crippen LogP contribution in [0.4, 0.5) is 5.69 Å². The minimum absolute atomic E-state index is 0.0359. The second kappa shape index (κ2) is 8.83. The minimum Gasteiger partial charge on any atom is -0.539 e. The summed E-state index contributed by atoms with van der Waals surface area (Å²) in [7, 11) is 3.21. The number of benzene rings is 2. The van der Waals surface area contributed by atoms with Gasteiger partial charge < -0.3 is 14.4 Å². The summed E-state index contributed by atoms with van der Waals surface area (Å²) in [5.74, 6) is -0.854. The van der Waals surface area contributed by atoms with E-state index in [1.54, 1.807) is 67.6 Å². The smallest absolute Gasteiger partial charge is 0.254 e. The second-order valence-electron chi connectivity index (χ2n) is 7.72. The Morgan fingerprint density at radius 3 is 2.48 bits per heavy atom. The summed E-state index contributed by atoms with van der Waals surface area (Å²) in [5.41, 5.74) is 1.69. The molecular formula is C23H22N4O6. The molecule has 1 fully saturated rings. The van der Waals surface area contributed by atoms with Gasteiger partial charge in [0.1, 0.15) is 5.75 Å². The number of anilines is 1. The van der Waals surface area contributed by atoms with Crippen molar-refractivity contribution in [3.05, 3.63) is 59.8 Å². The number of hydrogen-bond acceptors (Lipinski definition) is 8. The van der Waals surface area contributed by atoms with Crippen LogP contribution in [0, 0.1) is 0 Å². The van der Waals surface area contributed by atoms with Crippen molar-refractivity contribution in [3.8, 4) is 17.4 Å². The Morgan fingerprint density at radius 2 is 1.88 bits per heavy atom. The highest BCUT2D eigenvalue weighted by Crippen LogP contribution is 2.27. The third-order valence-electron chi connectivity index (χ3n) is 5.60. The first-order valence-electron chi connectivity index (χ1n) is 10.2. The Labute approximate surface area is 189 Å². The Hall–Kier alpha value is -4.05. The van der Waals surface area contributed by atoms with Gasteiger partial charge in [0, 0.05) is 17.7 Å². The molecule has 1 unspecified atom stereocenters. The Kier molecular flexibility index (Phi) is 5.93. The van der Waals surface area contributed by atoms with Crippen molar-refractivity contribution < 1.29 is 33.4 Å². The van der Waals surface area contributed by atoms with Gasteiger partial charge in [0.05, 0.1) is 37.1 Å². The zero-order valence-corrected chi connectivity index (χ0v) is 18.3. The van der Waals surface area contributed by atoms with E-state index in [0.29, 0.717) is 22.7 Å². The van der Waals surface area contributed by atoms with Crippen LogP contribution in [0.2, 0.25) is 0 Å². The number of ether oxygens (including phenoxy) is 1. The normalized spacial score (nSPS) is 16.0. The predicted octanol–water partition coefficient (Wildman–Crippen LogP) is 1.00. The molecule has 3 aromatic rings. The predicted molar refractivity (Wildman–Crippen MR) is 113 cm³/mol. The standard InChI is InChI=1S/C23H22N4O6/c1-14(28)15-4-6-16(7-5-15)26-21(29)12-19(22(26)30)25(2)13-20-23(31)33-24-27(20)17-8-10-18(32-3)11-9-17/h4-11,19H,12-13H2,1-3H3. The molecule has 2 aromatic carbocycles. The van der Waals surface area contributed by atoms with Gasteiger partial charge in [0.15, 0.2) is 11.7 Å². The number of hydrogen-bond donors (Lipinski definition) is 0. The molecule has 0 saturated carbocycles. The van der Waals surface area contributed by atoms with E-state index in [-0.39, 0.29) is 30.3 Å². The fourth-order valence-corrected chi connectivity index (χ4v) is 3.75. The van der Waals surface area contributed by atoms with Crippen molar-refractivity contribution in [3.63, 3.8) is 0 Å². The van der Waals surface area contributed by atoms with Crippen molar-refractivity contribution in [2.24, 2.45) is 0 Å². The highest BCUT2D eigenvalue weighted by molar-refractivity contribution is 6.22. The van der Waals surface area contributed by atoms with Gasteiger partial charge in [0.25, 0.3) is 11.6 Å². The molecule has 2 heterocycles. The highest BCUT2D eigenvalue weighted by Gasteiger charge is 2.42. The van der Waals surface area contributed by atoms with Crippen LogP contribution in [0.1, 0.15) is 29.4 Å². The quantitative estimate of drug-likeness (QED) is 0.297. The fraction of sp³-hybridized carbons (Fsp3) is 0.261. The highest BCUT2D eigenvalue weighted by atomic mass is 16.6. The number of amides is 2. The van der Waals surface area contributed by atoms with Crippen molar-refractivity contribution in [1.29, 1.82) is 0 Å². The molecule has 10 heteroatoms. The van der Waals surface area contributed by atoms with E-state index in [2.05, 4.69) is 5.27 Å². The number of likely N-dealkylation sites (N-methyl/N-ethyl adjacent to an activating group) is 1. The van der Waals surface area contributed by atoms with Gasteiger partial charge in [-0.3, -0.25) is 19.3 Å². The number of Topliss-reactive ketones (excluding diaryl/α,β-unsaturated/α-hetero) is 1. The van der Waals surface area contributed by atoms with Crippen LogP contribution in [-0.4, -0.2) is 48.0 Å². The third kappa shape index (κ3) is 4.20. The van der Waals surface area contributed by atoms with Crippen molar-refractivity contribution in [2.45, 2.75) is 25.9 Å². The Morgan fingerprint density at radius 1 is 1.21 bits per heavy atom.